The molecule has 0 atom stereocenters. The van der Waals surface area contributed by atoms with Crippen molar-refractivity contribution in [1.29, 1.82) is 0 Å². The lowest BCUT2D eigenvalue weighted by Crippen LogP contribution is -2.18. The molecule has 1 saturated heterocycles. The third-order valence-corrected chi connectivity index (χ3v) is 4.52. The van der Waals surface area contributed by atoms with E-state index in [1.165, 1.54) is 24.3 Å². The highest BCUT2D eigenvalue weighted by Gasteiger charge is 2.18. The van der Waals surface area contributed by atoms with Crippen LogP contribution < -0.4 is 0 Å². The fourth-order valence-corrected chi connectivity index (χ4v) is 3.85. The van der Waals surface area contributed by atoms with Crippen molar-refractivity contribution in [1.82, 2.24) is 4.57 Å². The van der Waals surface area contributed by atoms with Gasteiger partial charge < -0.3 is 9.67 Å². The van der Waals surface area contributed by atoms with Crippen LogP contribution in [-0.4, -0.2) is 27.1 Å². The fraction of sp³-hybridized carbons (Fsp3) is 0.545. The Morgan fingerprint density at radius 3 is 2.88 bits per heavy atom. The Kier molecular flexibility index (Phi) is 4.18. The number of carbonyl (C=O) groups is 1. The average Bonchev–Trinajstić information content (AvgIpc) is 2.61. The van der Waals surface area contributed by atoms with Gasteiger partial charge in [0.05, 0.1) is 0 Å². The molecule has 5 heteroatoms. The molecular formula is C11H14INO2S. The van der Waals surface area contributed by atoms with Crippen LogP contribution in [0.25, 0.3) is 0 Å². The first-order valence-corrected chi connectivity index (χ1v) is 7.57. The van der Waals surface area contributed by atoms with Crippen LogP contribution in [0.5, 0.6) is 0 Å². The van der Waals surface area contributed by atoms with Crippen molar-refractivity contribution in [3.8, 4) is 0 Å². The zero-order valence-electron chi connectivity index (χ0n) is 8.86. The Bertz CT molecular complexity index is 385. The number of aromatic carboxylic acids is 1. The third kappa shape index (κ3) is 2.94. The predicted molar refractivity (Wildman–Crippen MR) is 74.2 cm³/mol. The highest BCUT2D eigenvalue weighted by atomic mass is 127. The summed E-state index contributed by atoms with van der Waals surface area (Å²) in [6.07, 6.45) is 4.35. The van der Waals surface area contributed by atoms with Crippen LogP contribution in [0.4, 0.5) is 0 Å². The van der Waals surface area contributed by atoms with E-state index in [4.69, 9.17) is 5.11 Å². The molecule has 0 bridgehead atoms. The molecule has 0 aromatic carbocycles. The number of hydrogen-bond acceptors (Lipinski definition) is 2. The van der Waals surface area contributed by atoms with Gasteiger partial charge in [0.2, 0.25) is 0 Å². The summed E-state index contributed by atoms with van der Waals surface area (Å²) in [5.74, 6) is 2.24. The van der Waals surface area contributed by atoms with Gasteiger partial charge in [-0.25, -0.2) is 4.79 Å². The molecule has 0 saturated carbocycles. The van der Waals surface area contributed by atoms with E-state index in [-0.39, 0.29) is 0 Å². The molecule has 0 amide bonds. The maximum absolute atomic E-state index is 11.0. The number of carboxylic acids is 1. The minimum atomic E-state index is -0.826. The average molecular weight is 351 g/mol. The number of rotatable bonds is 3. The summed E-state index contributed by atoms with van der Waals surface area (Å²) in [6, 6.07) is 1.74. The van der Waals surface area contributed by atoms with E-state index in [1.807, 2.05) is 22.5 Å². The van der Waals surface area contributed by atoms with Gasteiger partial charge >= 0.3 is 5.97 Å². The normalized spacial score (nSPS) is 17.6. The van der Waals surface area contributed by atoms with E-state index in [0.29, 0.717) is 11.6 Å². The summed E-state index contributed by atoms with van der Waals surface area (Å²) < 4.78 is 2.89. The highest BCUT2D eigenvalue weighted by Crippen LogP contribution is 2.25. The van der Waals surface area contributed by atoms with Crippen LogP contribution in [0.2, 0.25) is 0 Å². The topological polar surface area (TPSA) is 42.2 Å². The monoisotopic (exact) mass is 351 g/mol. The van der Waals surface area contributed by atoms with Crippen LogP contribution in [0.3, 0.4) is 0 Å². The zero-order valence-corrected chi connectivity index (χ0v) is 11.8. The standard InChI is InChI=1S/C11H14INO2S/c12-9-5-10(11(14)15)13(7-9)6-8-1-3-16-4-2-8/h5,7-8H,1-4,6H2,(H,14,15). The quantitative estimate of drug-likeness (QED) is 0.852. The van der Waals surface area contributed by atoms with Gasteiger partial charge in [-0.15, -0.1) is 0 Å². The first kappa shape index (κ1) is 12.3. The van der Waals surface area contributed by atoms with Crippen LogP contribution in [0.15, 0.2) is 12.3 Å². The molecule has 1 aliphatic heterocycles. The predicted octanol–water partition coefficient (Wildman–Crippen LogP) is 2.93. The SMILES string of the molecule is O=C(O)c1cc(I)cn1CC1CCSCC1. The number of hydrogen-bond donors (Lipinski definition) is 1. The maximum atomic E-state index is 11.0. The summed E-state index contributed by atoms with van der Waals surface area (Å²) in [7, 11) is 0. The van der Waals surface area contributed by atoms with Crippen LogP contribution in [0, 0.1) is 9.49 Å². The Labute approximate surface area is 113 Å². The van der Waals surface area contributed by atoms with Crippen molar-refractivity contribution >= 4 is 40.3 Å². The van der Waals surface area contributed by atoms with E-state index in [9.17, 15) is 4.79 Å². The number of nitrogens with zero attached hydrogens (tertiary/aromatic N) is 1. The largest absolute Gasteiger partial charge is 0.477 e. The van der Waals surface area contributed by atoms with Crippen molar-refractivity contribution in [2.45, 2.75) is 19.4 Å². The van der Waals surface area contributed by atoms with Crippen molar-refractivity contribution in [3.05, 3.63) is 21.5 Å². The number of halogens is 1. The van der Waals surface area contributed by atoms with Gasteiger partial charge in [-0.1, -0.05) is 0 Å². The third-order valence-electron chi connectivity index (χ3n) is 2.88. The molecule has 3 nitrogen and oxygen atoms in total. The molecule has 1 fully saturated rings. The first-order chi connectivity index (χ1) is 7.66. The van der Waals surface area contributed by atoms with E-state index in [0.717, 1.165) is 10.1 Å². The van der Waals surface area contributed by atoms with Crippen LogP contribution in [0.1, 0.15) is 23.3 Å². The van der Waals surface area contributed by atoms with Gasteiger partial charge in [-0.05, 0) is 58.9 Å². The lowest BCUT2D eigenvalue weighted by molar-refractivity contribution is 0.0683. The highest BCUT2D eigenvalue weighted by molar-refractivity contribution is 14.1. The van der Waals surface area contributed by atoms with Gasteiger partial charge in [0.1, 0.15) is 5.69 Å². The van der Waals surface area contributed by atoms with Gasteiger partial charge in [0, 0.05) is 16.3 Å². The van der Waals surface area contributed by atoms with E-state index < -0.39 is 5.97 Å². The molecule has 16 heavy (non-hydrogen) atoms. The number of aromatic nitrogens is 1. The van der Waals surface area contributed by atoms with Crippen molar-refractivity contribution in [2.24, 2.45) is 5.92 Å². The Hall–Kier alpha value is -0.170. The molecular weight excluding hydrogens is 337 g/mol. The van der Waals surface area contributed by atoms with E-state index in [1.54, 1.807) is 6.07 Å². The van der Waals surface area contributed by atoms with Gasteiger partial charge in [-0.2, -0.15) is 11.8 Å². The fourth-order valence-electron chi connectivity index (χ4n) is 2.01. The summed E-state index contributed by atoms with van der Waals surface area (Å²) in [5, 5.41) is 9.08. The minimum Gasteiger partial charge on any atom is -0.477 e. The molecule has 2 heterocycles. The second-order valence-corrected chi connectivity index (χ2v) is 6.53. The molecule has 2 rings (SSSR count). The lowest BCUT2D eigenvalue weighted by atomic mass is 10.0. The second-order valence-electron chi connectivity index (χ2n) is 4.06. The Balaban J connectivity index is 2.10. The van der Waals surface area contributed by atoms with Gasteiger partial charge in [-0.3, -0.25) is 0 Å². The summed E-state index contributed by atoms with van der Waals surface area (Å²) in [6.45, 7) is 0.852. The molecule has 1 aliphatic rings. The molecule has 0 radical (unpaired) electrons. The van der Waals surface area contributed by atoms with E-state index in [2.05, 4.69) is 22.6 Å². The van der Waals surface area contributed by atoms with Crippen LogP contribution >= 0.6 is 34.4 Å². The Morgan fingerprint density at radius 1 is 1.56 bits per heavy atom. The second kappa shape index (κ2) is 5.44. The first-order valence-electron chi connectivity index (χ1n) is 5.33. The lowest BCUT2D eigenvalue weighted by Gasteiger charge is -2.22. The molecule has 0 aliphatic carbocycles. The molecule has 0 spiro atoms. The van der Waals surface area contributed by atoms with Crippen molar-refractivity contribution < 1.29 is 9.90 Å². The molecule has 1 aromatic rings. The van der Waals surface area contributed by atoms with Gasteiger partial charge in [0.25, 0.3) is 0 Å². The molecule has 0 unspecified atom stereocenters. The van der Waals surface area contributed by atoms with Crippen molar-refractivity contribution in [2.75, 3.05) is 11.5 Å². The smallest absolute Gasteiger partial charge is 0.352 e. The van der Waals surface area contributed by atoms with Gasteiger partial charge in [0.15, 0.2) is 0 Å². The van der Waals surface area contributed by atoms with Crippen LogP contribution in [-0.2, 0) is 6.54 Å². The van der Waals surface area contributed by atoms with Crippen molar-refractivity contribution in [3.63, 3.8) is 0 Å². The molecule has 1 N–H and O–H groups in total. The summed E-state index contributed by atoms with van der Waals surface area (Å²) in [5.41, 5.74) is 0.419. The molecule has 1 aromatic heterocycles. The number of thioether (sulfide) groups is 1. The summed E-state index contributed by atoms with van der Waals surface area (Å²) in [4.78, 5) is 11.0. The zero-order chi connectivity index (χ0) is 11.5. The van der Waals surface area contributed by atoms with E-state index >= 15 is 0 Å². The Morgan fingerprint density at radius 2 is 2.25 bits per heavy atom. The summed E-state index contributed by atoms with van der Waals surface area (Å²) >= 11 is 4.16. The molecule has 88 valence electrons. The maximum Gasteiger partial charge on any atom is 0.352 e. The minimum absolute atomic E-state index is 0.419. The number of carboxylic acid groups (broad SMARTS) is 1.